The molecule has 1 aliphatic rings. The normalized spacial score (nSPS) is 14.1. The number of pyridine rings is 1. The lowest BCUT2D eigenvalue weighted by Gasteiger charge is -2.38. The van der Waals surface area contributed by atoms with Crippen LogP contribution in [0, 0.1) is 0 Å². The first-order valence-electron chi connectivity index (χ1n) is 11.4. The Labute approximate surface area is 203 Å². The maximum Gasteiger partial charge on any atom is 0.415 e. The smallest absolute Gasteiger partial charge is 0.415 e. The molecule has 0 spiro atoms. The van der Waals surface area contributed by atoms with E-state index in [-0.39, 0.29) is 12.1 Å². The Morgan fingerprint density at radius 3 is 2.47 bits per heavy atom. The van der Waals surface area contributed by atoms with Gasteiger partial charge in [0.25, 0.3) is 0 Å². The van der Waals surface area contributed by atoms with E-state index in [2.05, 4.69) is 15.0 Å². The zero-order valence-corrected chi connectivity index (χ0v) is 20.2. The highest BCUT2D eigenvalue weighted by Gasteiger charge is 2.33. The van der Waals surface area contributed by atoms with Crippen LogP contribution in [0.2, 0.25) is 5.15 Å². The molecule has 1 amide bonds. The first kappa shape index (κ1) is 22.3. The summed E-state index contributed by atoms with van der Waals surface area (Å²) >= 11 is 6.39. The first-order valence-corrected chi connectivity index (χ1v) is 11.8. The van der Waals surface area contributed by atoms with Crippen molar-refractivity contribution in [1.82, 2.24) is 19.5 Å². The third kappa shape index (κ3) is 4.23. The molecule has 0 unspecified atom stereocenters. The van der Waals surface area contributed by atoms with Gasteiger partial charge in [-0.05, 0) is 82.5 Å². The molecule has 34 heavy (non-hydrogen) atoms. The van der Waals surface area contributed by atoms with Crippen LogP contribution in [0.1, 0.15) is 40.0 Å². The lowest BCUT2D eigenvalue weighted by molar-refractivity contribution is 0.0549. The van der Waals surface area contributed by atoms with Gasteiger partial charge in [-0.2, -0.15) is 0 Å². The monoisotopic (exact) mass is 475 g/mol. The largest absolute Gasteiger partial charge is 0.443 e. The minimum atomic E-state index is -0.556. The van der Waals surface area contributed by atoms with Gasteiger partial charge in [0.15, 0.2) is 0 Å². The van der Waals surface area contributed by atoms with Crippen molar-refractivity contribution in [2.75, 3.05) is 4.90 Å². The number of ether oxygens (including phenoxy) is 1. The Hall–Kier alpha value is -3.45. The summed E-state index contributed by atoms with van der Waals surface area (Å²) in [6.45, 7) is 5.66. The quantitative estimate of drug-likeness (QED) is 0.318. The summed E-state index contributed by atoms with van der Waals surface area (Å²) in [5, 5.41) is 1.14. The zero-order valence-electron chi connectivity index (χ0n) is 19.4. The first-order chi connectivity index (χ1) is 16.3. The van der Waals surface area contributed by atoms with Crippen LogP contribution in [0.15, 0.2) is 61.1 Å². The molecular formula is C26H26ClN5O2. The molecule has 1 fully saturated rings. The van der Waals surface area contributed by atoms with Crippen LogP contribution >= 0.6 is 11.6 Å². The minimum absolute atomic E-state index is 0.156. The van der Waals surface area contributed by atoms with Crippen LogP contribution in [0.4, 0.5) is 10.5 Å². The van der Waals surface area contributed by atoms with Gasteiger partial charge in [-0.15, -0.1) is 0 Å². The summed E-state index contributed by atoms with van der Waals surface area (Å²) in [4.78, 5) is 28.0. The van der Waals surface area contributed by atoms with E-state index in [0.29, 0.717) is 10.8 Å². The Morgan fingerprint density at radius 2 is 1.85 bits per heavy atom. The third-order valence-electron chi connectivity index (χ3n) is 5.89. The van der Waals surface area contributed by atoms with Crippen LogP contribution in [-0.2, 0) is 4.74 Å². The van der Waals surface area contributed by atoms with Gasteiger partial charge in [0.1, 0.15) is 22.7 Å². The number of fused-ring (bicyclic) bond motifs is 1. The Bertz CT molecular complexity index is 1330. The van der Waals surface area contributed by atoms with Crippen molar-refractivity contribution in [3.8, 4) is 17.1 Å². The number of anilines is 1. The Morgan fingerprint density at radius 1 is 1.09 bits per heavy atom. The summed E-state index contributed by atoms with van der Waals surface area (Å²) in [7, 11) is 0. The van der Waals surface area contributed by atoms with E-state index in [0.717, 1.165) is 47.4 Å². The van der Waals surface area contributed by atoms with Gasteiger partial charge >= 0.3 is 6.09 Å². The summed E-state index contributed by atoms with van der Waals surface area (Å²) in [5.74, 6) is 0. The molecule has 0 N–H and O–H groups in total. The fraction of sp³-hybridized carbons (Fsp3) is 0.308. The van der Waals surface area contributed by atoms with Gasteiger partial charge < -0.3 is 4.74 Å². The SMILES string of the molecule is CC(C)(C)OC(=O)N(c1ccc(-n2c(-c3ccccn3)cc3c(Cl)ncnc32)cc1)C1CCC1. The van der Waals surface area contributed by atoms with E-state index in [9.17, 15) is 4.79 Å². The Kier molecular flexibility index (Phi) is 5.73. The van der Waals surface area contributed by atoms with E-state index in [1.54, 1.807) is 11.1 Å². The highest BCUT2D eigenvalue weighted by atomic mass is 35.5. The van der Waals surface area contributed by atoms with Gasteiger partial charge in [0.05, 0.1) is 16.8 Å². The van der Waals surface area contributed by atoms with Crippen molar-refractivity contribution in [1.29, 1.82) is 0 Å². The predicted molar refractivity (Wildman–Crippen MR) is 133 cm³/mol. The molecule has 7 nitrogen and oxygen atoms in total. The van der Waals surface area contributed by atoms with Crippen molar-refractivity contribution < 1.29 is 9.53 Å². The number of amides is 1. The number of benzene rings is 1. The summed E-state index contributed by atoms with van der Waals surface area (Å²) in [6.07, 6.45) is 5.96. The van der Waals surface area contributed by atoms with Crippen molar-refractivity contribution in [2.24, 2.45) is 0 Å². The minimum Gasteiger partial charge on any atom is -0.443 e. The lowest BCUT2D eigenvalue weighted by Crippen LogP contribution is -2.46. The van der Waals surface area contributed by atoms with Crippen molar-refractivity contribution in [3.63, 3.8) is 0 Å². The number of rotatable bonds is 4. The Balaban J connectivity index is 1.58. The van der Waals surface area contributed by atoms with Crippen LogP contribution in [0.25, 0.3) is 28.1 Å². The molecule has 3 aromatic heterocycles. The molecule has 4 aromatic rings. The van der Waals surface area contributed by atoms with Gasteiger partial charge in [0, 0.05) is 23.6 Å². The molecule has 0 saturated heterocycles. The molecule has 3 heterocycles. The highest BCUT2D eigenvalue weighted by Crippen LogP contribution is 2.35. The average Bonchev–Trinajstić information content (AvgIpc) is 3.17. The maximum atomic E-state index is 13.0. The van der Waals surface area contributed by atoms with E-state index >= 15 is 0 Å². The van der Waals surface area contributed by atoms with E-state index in [1.165, 1.54) is 6.33 Å². The van der Waals surface area contributed by atoms with Gasteiger partial charge in [-0.25, -0.2) is 14.8 Å². The predicted octanol–water partition coefficient (Wildman–Crippen LogP) is 6.43. The topological polar surface area (TPSA) is 73.1 Å². The molecule has 1 aromatic carbocycles. The number of hydrogen-bond donors (Lipinski definition) is 0. The molecule has 5 rings (SSSR count). The molecule has 0 atom stereocenters. The van der Waals surface area contributed by atoms with Crippen molar-refractivity contribution >= 4 is 34.4 Å². The van der Waals surface area contributed by atoms with Crippen molar-refractivity contribution in [2.45, 2.75) is 51.7 Å². The maximum absolute atomic E-state index is 13.0. The molecular weight excluding hydrogens is 450 g/mol. The summed E-state index contributed by atoms with van der Waals surface area (Å²) in [5.41, 5.74) is 3.48. The fourth-order valence-electron chi connectivity index (χ4n) is 4.13. The number of aromatic nitrogens is 4. The van der Waals surface area contributed by atoms with Gasteiger partial charge in [0.2, 0.25) is 0 Å². The summed E-state index contributed by atoms with van der Waals surface area (Å²) in [6, 6.07) is 15.7. The van der Waals surface area contributed by atoms with Gasteiger partial charge in [-0.3, -0.25) is 14.5 Å². The van der Waals surface area contributed by atoms with Crippen LogP contribution in [0.3, 0.4) is 0 Å². The molecule has 0 bridgehead atoms. The zero-order chi connectivity index (χ0) is 23.9. The van der Waals surface area contributed by atoms with E-state index in [4.69, 9.17) is 16.3 Å². The number of carbonyl (C=O) groups is 1. The average molecular weight is 476 g/mol. The van der Waals surface area contributed by atoms with E-state index in [1.807, 2.05) is 73.9 Å². The number of hydrogen-bond acceptors (Lipinski definition) is 5. The van der Waals surface area contributed by atoms with Crippen molar-refractivity contribution in [3.05, 3.63) is 66.2 Å². The third-order valence-corrected chi connectivity index (χ3v) is 6.19. The van der Waals surface area contributed by atoms with Gasteiger partial charge in [-0.1, -0.05) is 17.7 Å². The highest BCUT2D eigenvalue weighted by molar-refractivity contribution is 6.34. The fourth-order valence-corrected chi connectivity index (χ4v) is 4.31. The second-order valence-electron chi connectivity index (χ2n) is 9.43. The molecule has 1 aliphatic carbocycles. The summed E-state index contributed by atoms with van der Waals surface area (Å²) < 4.78 is 7.71. The standard InChI is InChI=1S/C26H26ClN5O2/c1-26(2,3)34-25(33)31(17-7-6-8-17)18-10-12-19(13-11-18)32-22(21-9-4-5-14-28-21)15-20-23(27)29-16-30-24(20)32/h4-5,9-17H,6-8H2,1-3H3. The van der Waals surface area contributed by atoms with Crippen LogP contribution < -0.4 is 4.90 Å². The lowest BCUT2D eigenvalue weighted by atomic mass is 9.91. The molecule has 0 aliphatic heterocycles. The second kappa shape index (κ2) is 8.72. The van der Waals surface area contributed by atoms with Crippen LogP contribution in [0.5, 0.6) is 0 Å². The molecule has 8 heteroatoms. The number of halogens is 1. The van der Waals surface area contributed by atoms with Crippen LogP contribution in [-0.4, -0.2) is 37.3 Å². The van der Waals surface area contributed by atoms with E-state index < -0.39 is 5.60 Å². The number of carbonyl (C=O) groups excluding carboxylic acids is 1. The number of nitrogens with zero attached hydrogens (tertiary/aromatic N) is 5. The second-order valence-corrected chi connectivity index (χ2v) is 9.79. The molecule has 174 valence electrons. The molecule has 0 radical (unpaired) electrons. The molecule has 1 saturated carbocycles.